The highest BCUT2D eigenvalue weighted by Gasteiger charge is 2.30. The number of hydrogen-bond donors (Lipinski definition) is 0. The summed E-state index contributed by atoms with van der Waals surface area (Å²) < 4.78 is 44.6. The van der Waals surface area contributed by atoms with Crippen molar-refractivity contribution < 1.29 is 22.7 Å². The van der Waals surface area contributed by atoms with E-state index < -0.39 is 17.7 Å². The topological polar surface area (TPSA) is 69.9 Å². The zero-order valence-corrected chi connectivity index (χ0v) is 14.6. The van der Waals surface area contributed by atoms with Crippen molar-refractivity contribution in [3.8, 4) is 5.69 Å². The number of carbonyl (C=O) groups excluding carboxylic acids is 1. The molecular formula is C17H13F3N4O2S. The first-order valence-corrected chi connectivity index (χ1v) is 8.73. The number of halogens is 3. The molecule has 0 bridgehead atoms. The van der Waals surface area contributed by atoms with Crippen LogP contribution in [0.4, 0.5) is 13.2 Å². The molecule has 0 aliphatic heterocycles. The van der Waals surface area contributed by atoms with Gasteiger partial charge in [0, 0.05) is 10.6 Å². The van der Waals surface area contributed by atoms with Crippen molar-refractivity contribution in [2.75, 3.05) is 12.4 Å². The number of carbonyl (C=O) groups is 1. The molecule has 10 heteroatoms. The van der Waals surface area contributed by atoms with Gasteiger partial charge >= 0.3 is 12.1 Å². The van der Waals surface area contributed by atoms with E-state index in [9.17, 15) is 18.0 Å². The summed E-state index contributed by atoms with van der Waals surface area (Å²) in [7, 11) is 0. The lowest BCUT2D eigenvalue weighted by Gasteiger charge is -2.09. The lowest BCUT2D eigenvalue weighted by molar-refractivity contribution is -0.137. The summed E-state index contributed by atoms with van der Waals surface area (Å²) in [6.07, 6.45) is -2.95. The number of rotatable bonds is 6. The van der Waals surface area contributed by atoms with Crippen LogP contribution in [0.5, 0.6) is 0 Å². The number of alkyl halides is 3. The van der Waals surface area contributed by atoms with Crippen molar-refractivity contribution in [1.82, 2.24) is 20.2 Å². The van der Waals surface area contributed by atoms with Crippen molar-refractivity contribution >= 4 is 17.7 Å². The minimum atomic E-state index is -4.38. The van der Waals surface area contributed by atoms with Crippen LogP contribution in [-0.2, 0) is 10.9 Å². The van der Waals surface area contributed by atoms with Crippen LogP contribution >= 0.6 is 11.8 Å². The second kappa shape index (κ2) is 8.21. The summed E-state index contributed by atoms with van der Waals surface area (Å²) in [4.78, 5) is 12.5. The Morgan fingerprint density at radius 2 is 1.93 bits per heavy atom. The Bertz CT molecular complexity index is 899. The van der Waals surface area contributed by atoms with Crippen LogP contribution < -0.4 is 0 Å². The highest BCUT2D eigenvalue weighted by Crippen LogP contribution is 2.31. The van der Waals surface area contributed by atoms with E-state index in [2.05, 4.69) is 15.5 Å². The smallest absolute Gasteiger partial charge is 0.416 e. The SMILES string of the molecule is O=C(OCCSc1cccc(C(F)(F)F)c1)c1ccc(-n2cnnn2)cc1. The maximum absolute atomic E-state index is 12.7. The van der Waals surface area contributed by atoms with E-state index in [0.717, 1.165) is 12.1 Å². The van der Waals surface area contributed by atoms with Gasteiger partial charge in [-0.2, -0.15) is 13.2 Å². The molecule has 0 N–H and O–H groups in total. The molecule has 3 aromatic rings. The first-order chi connectivity index (χ1) is 12.9. The standard InChI is InChI=1S/C17H13F3N4O2S/c18-17(19,20)13-2-1-3-15(10-13)27-9-8-26-16(25)12-4-6-14(7-5-12)24-11-21-22-23-24/h1-7,10-11H,8-9H2. The van der Waals surface area contributed by atoms with Crippen LogP contribution in [0, 0.1) is 0 Å². The second-order valence-electron chi connectivity index (χ2n) is 5.31. The van der Waals surface area contributed by atoms with Gasteiger partial charge in [-0.25, -0.2) is 9.48 Å². The Morgan fingerprint density at radius 1 is 1.15 bits per heavy atom. The third-order valence-electron chi connectivity index (χ3n) is 3.46. The molecule has 3 rings (SSSR count). The Hall–Kier alpha value is -2.88. The molecule has 1 heterocycles. The molecular weight excluding hydrogens is 381 g/mol. The number of ether oxygens (including phenoxy) is 1. The summed E-state index contributed by atoms with van der Waals surface area (Å²) in [6.45, 7) is 0.0779. The lowest BCUT2D eigenvalue weighted by atomic mass is 10.2. The van der Waals surface area contributed by atoms with Gasteiger partial charge in [-0.3, -0.25) is 0 Å². The number of esters is 1. The van der Waals surface area contributed by atoms with Gasteiger partial charge in [-0.15, -0.1) is 16.9 Å². The van der Waals surface area contributed by atoms with Crippen LogP contribution in [0.15, 0.2) is 59.8 Å². The van der Waals surface area contributed by atoms with Gasteiger partial charge in [0.25, 0.3) is 0 Å². The van der Waals surface area contributed by atoms with Gasteiger partial charge in [0.15, 0.2) is 0 Å². The molecule has 0 saturated heterocycles. The average molecular weight is 394 g/mol. The molecule has 27 heavy (non-hydrogen) atoms. The normalized spacial score (nSPS) is 11.4. The molecule has 0 fully saturated rings. The third-order valence-corrected chi connectivity index (χ3v) is 4.42. The van der Waals surface area contributed by atoms with Crippen LogP contribution in [-0.4, -0.2) is 38.5 Å². The Kier molecular flexibility index (Phi) is 5.75. The van der Waals surface area contributed by atoms with Gasteiger partial charge in [0.05, 0.1) is 16.8 Å². The van der Waals surface area contributed by atoms with E-state index in [-0.39, 0.29) is 6.61 Å². The van der Waals surface area contributed by atoms with Crippen molar-refractivity contribution in [3.05, 3.63) is 66.0 Å². The van der Waals surface area contributed by atoms with Gasteiger partial charge < -0.3 is 4.74 Å². The van der Waals surface area contributed by atoms with Crippen LogP contribution in [0.2, 0.25) is 0 Å². The van der Waals surface area contributed by atoms with Crippen molar-refractivity contribution in [2.24, 2.45) is 0 Å². The van der Waals surface area contributed by atoms with Crippen molar-refractivity contribution in [1.29, 1.82) is 0 Å². The van der Waals surface area contributed by atoms with Gasteiger partial charge in [-0.1, -0.05) is 6.07 Å². The molecule has 0 atom stereocenters. The van der Waals surface area contributed by atoms with Crippen LogP contribution in [0.1, 0.15) is 15.9 Å². The summed E-state index contributed by atoms with van der Waals surface area (Å²) in [6, 6.07) is 11.5. The van der Waals surface area contributed by atoms with Crippen LogP contribution in [0.25, 0.3) is 5.69 Å². The number of nitrogens with zero attached hydrogens (tertiary/aromatic N) is 4. The summed E-state index contributed by atoms with van der Waals surface area (Å²) in [5.74, 6) is -0.168. The number of aromatic nitrogens is 4. The highest BCUT2D eigenvalue weighted by atomic mass is 32.2. The largest absolute Gasteiger partial charge is 0.461 e. The highest BCUT2D eigenvalue weighted by molar-refractivity contribution is 7.99. The Morgan fingerprint density at radius 3 is 2.59 bits per heavy atom. The van der Waals surface area contributed by atoms with E-state index in [1.165, 1.54) is 28.8 Å². The summed E-state index contributed by atoms with van der Waals surface area (Å²) in [5, 5.41) is 10.8. The fourth-order valence-electron chi connectivity index (χ4n) is 2.17. The second-order valence-corrected chi connectivity index (χ2v) is 6.48. The van der Waals surface area contributed by atoms with Gasteiger partial charge in [0.2, 0.25) is 0 Å². The lowest BCUT2D eigenvalue weighted by Crippen LogP contribution is -2.08. The number of benzene rings is 2. The Labute approximate surface area is 156 Å². The van der Waals surface area contributed by atoms with Gasteiger partial charge in [-0.05, 0) is 52.9 Å². The summed E-state index contributed by atoms with van der Waals surface area (Å²) >= 11 is 1.19. The monoisotopic (exact) mass is 394 g/mol. The molecule has 0 amide bonds. The fourth-order valence-corrected chi connectivity index (χ4v) is 2.96. The predicted molar refractivity (Wildman–Crippen MR) is 91.6 cm³/mol. The van der Waals surface area contributed by atoms with E-state index in [4.69, 9.17) is 4.74 Å². The molecule has 0 unspecified atom stereocenters. The molecule has 0 aliphatic rings. The fraction of sp³-hybridized carbons (Fsp3) is 0.176. The van der Waals surface area contributed by atoms with E-state index in [1.54, 1.807) is 30.3 Å². The molecule has 140 valence electrons. The predicted octanol–water partition coefficient (Wildman–Crippen LogP) is 3.63. The average Bonchev–Trinajstić information content (AvgIpc) is 3.19. The molecule has 0 aliphatic carbocycles. The molecule has 0 saturated carbocycles. The molecule has 6 nitrogen and oxygen atoms in total. The van der Waals surface area contributed by atoms with Crippen molar-refractivity contribution in [3.63, 3.8) is 0 Å². The first kappa shape index (κ1) is 18.9. The van der Waals surface area contributed by atoms with E-state index in [1.807, 2.05) is 0 Å². The number of thioether (sulfide) groups is 1. The minimum Gasteiger partial charge on any atom is -0.461 e. The molecule has 1 aromatic heterocycles. The maximum Gasteiger partial charge on any atom is 0.416 e. The number of tetrazole rings is 1. The maximum atomic E-state index is 12.7. The molecule has 2 aromatic carbocycles. The van der Waals surface area contributed by atoms with Crippen molar-refractivity contribution in [2.45, 2.75) is 11.1 Å². The molecule has 0 radical (unpaired) electrons. The van der Waals surface area contributed by atoms with Gasteiger partial charge in [0.1, 0.15) is 12.9 Å². The zero-order chi connectivity index (χ0) is 19.3. The quantitative estimate of drug-likeness (QED) is 0.361. The number of hydrogen-bond acceptors (Lipinski definition) is 6. The first-order valence-electron chi connectivity index (χ1n) is 7.74. The summed E-state index contributed by atoms with van der Waals surface area (Å²) in [5.41, 5.74) is 0.347. The van der Waals surface area contributed by atoms with E-state index in [0.29, 0.717) is 21.9 Å². The molecule has 0 spiro atoms. The van der Waals surface area contributed by atoms with Crippen LogP contribution in [0.3, 0.4) is 0 Å². The minimum absolute atomic E-state index is 0.0779. The Balaban J connectivity index is 1.48. The third kappa shape index (κ3) is 5.07. The van der Waals surface area contributed by atoms with E-state index >= 15 is 0 Å². The zero-order valence-electron chi connectivity index (χ0n) is 13.8.